The van der Waals surface area contributed by atoms with Gasteiger partial charge in [-0.2, -0.15) is 0 Å². The Hall–Kier alpha value is -1.20. The minimum atomic E-state index is -0.487. The molecule has 0 aromatic heterocycles. The number of urea groups is 1. The molecule has 0 heterocycles. The normalized spacial score (nSPS) is 11.7. The van der Waals surface area contributed by atoms with Crippen molar-refractivity contribution in [1.82, 2.24) is 10.6 Å². The third-order valence-electron chi connectivity index (χ3n) is 2.25. The Kier molecular flexibility index (Phi) is 6.01. The lowest BCUT2D eigenvalue weighted by Gasteiger charge is -2.10. The second kappa shape index (κ2) is 7.28. The second-order valence-corrected chi connectivity index (χ2v) is 5.41. The lowest BCUT2D eigenvalue weighted by molar-refractivity contribution is -0.119. The molecule has 0 radical (unpaired) electrons. The first-order valence-corrected chi connectivity index (χ1v) is 6.84. The summed E-state index contributed by atoms with van der Waals surface area (Å²) in [6.07, 6.45) is 0. The van der Waals surface area contributed by atoms with Gasteiger partial charge in [0.2, 0.25) is 5.91 Å². The van der Waals surface area contributed by atoms with Crippen LogP contribution in [-0.4, -0.2) is 24.2 Å². The molecule has 0 spiro atoms. The Balaban J connectivity index is 2.40. The zero-order valence-corrected chi connectivity index (χ0v) is 11.8. The van der Waals surface area contributed by atoms with E-state index in [9.17, 15) is 9.59 Å². The van der Waals surface area contributed by atoms with Crippen LogP contribution in [0, 0.1) is 0 Å². The third kappa shape index (κ3) is 4.98. The lowest BCUT2D eigenvalue weighted by Crippen LogP contribution is -2.41. The molecule has 0 saturated heterocycles. The Morgan fingerprint density at radius 3 is 2.50 bits per heavy atom. The Morgan fingerprint density at radius 1 is 1.33 bits per heavy atom. The highest BCUT2D eigenvalue weighted by molar-refractivity contribution is 7.99. The van der Waals surface area contributed by atoms with Crippen LogP contribution < -0.4 is 10.6 Å². The molecule has 1 aromatic carbocycles. The van der Waals surface area contributed by atoms with Crippen LogP contribution in [0.15, 0.2) is 24.3 Å². The first-order chi connectivity index (χ1) is 8.52. The minimum Gasteiger partial charge on any atom is -0.341 e. The van der Waals surface area contributed by atoms with E-state index < -0.39 is 6.03 Å². The molecule has 98 valence electrons. The highest BCUT2D eigenvalue weighted by Gasteiger charge is 2.15. The van der Waals surface area contributed by atoms with Crippen molar-refractivity contribution in [3.05, 3.63) is 34.9 Å². The predicted octanol–water partition coefficient (Wildman–Crippen LogP) is 2.42. The predicted molar refractivity (Wildman–Crippen MR) is 74.8 cm³/mol. The van der Waals surface area contributed by atoms with Crippen LogP contribution in [-0.2, 0) is 10.5 Å². The van der Waals surface area contributed by atoms with Crippen LogP contribution >= 0.6 is 23.4 Å². The van der Waals surface area contributed by atoms with Gasteiger partial charge >= 0.3 is 6.03 Å². The van der Waals surface area contributed by atoms with Gasteiger partial charge in [-0.15, -0.1) is 11.8 Å². The maximum Gasteiger partial charge on any atom is 0.321 e. The third-order valence-corrected chi connectivity index (χ3v) is 3.71. The van der Waals surface area contributed by atoms with Crippen LogP contribution in [0.1, 0.15) is 12.5 Å². The number of benzene rings is 1. The van der Waals surface area contributed by atoms with Gasteiger partial charge in [-0.3, -0.25) is 10.1 Å². The molecule has 0 aliphatic carbocycles. The van der Waals surface area contributed by atoms with Gasteiger partial charge in [-0.1, -0.05) is 23.7 Å². The Bertz CT molecular complexity index is 423. The van der Waals surface area contributed by atoms with E-state index in [0.717, 1.165) is 5.56 Å². The van der Waals surface area contributed by atoms with Crippen molar-refractivity contribution in [2.75, 3.05) is 7.05 Å². The second-order valence-electron chi connectivity index (χ2n) is 3.65. The van der Waals surface area contributed by atoms with E-state index in [-0.39, 0.29) is 11.2 Å². The SMILES string of the molecule is CNC(=O)NC(=O)[C@@H](C)SCc1ccc(Cl)cc1. The van der Waals surface area contributed by atoms with Gasteiger partial charge in [0.05, 0.1) is 5.25 Å². The van der Waals surface area contributed by atoms with E-state index in [1.165, 1.54) is 18.8 Å². The van der Waals surface area contributed by atoms with E-state index in [0.29, 0.717) is 10.8 Å². The summed E-state index contributed by atoms with van der Waals surface area (Å²) in [7, 11) is 1.47. The number of hydrogen-bond donors (Lipinski definition) is 2. The zero-order valence-electron chi connectivity index (χ0n) is 10.2. The Labute approximate surface area is 115 Å². The van der Waals surface area contributed by atoms with E-state index in [4.69, 9.17) is 11.6 Å². The summed E-state index contributed by atoms with van der Waals surface area (Å²) in [5, 5.41) is 4.98. The summed E-state index contributed by atoms with van der Waals surface area (Å²) in [5.74, 6) is 0.396. The van der Waals surface area contributed by atoms with E-state index in [2.05, 4.69) is 10.6 Å². The largest absolute Gasteiger partial charge is 0.341 e. The topological polar surface area (TPSA) is 58.2 Å². The van der Waals surface area contributed by atoms with Crippen LogP contribution in [0.3, 0.4) is 0 Å². The van der Waals surface area contributed by atoms with E-state index >= 15 is 0 Å². The van der Waals surface area contributed by atoms with Crippen molar-refractivity contribution in [2.24, 2.45) is 0 Å². The fraction of sp³-hybridized carbons (Fsp3) is 0.333. The van der Waals surface area contributed by atoms with Crippen LogP contribution in [0.25, 0.3) is 0 Å². The smallest absolute Gasteiger partial charge is 0.321 e. The van der Waals surface area contributed by atoms with Crippen molar-refractivity contribution in [3.8, 4) is 0 Å². The highest BCUT2D eigenvalue weighted by Crippen LogP contribution is 2.19. The van der Waals surface area contributed by atoms with Crippen molar-refractivity contribution in [2.45, 2.75) is 17.9 Å². The highest BCUT2D eigenvalue weighted by atomic mass is 35.5. The number of carbonyl (C=O) groups excluding carboxylic acids is 2. The number of nitrogens with one attached hydrogen (secondary N) is 2. The average molecular weight is 287 g/mol. The van der Waals surface area contributed by atoms with Crippen molar-refractivity contribution >= 4 is 35.3 Å². The molecule has 0 aliphatic heterocycles. The number of imide groups is 1. The summed E-state index contributed by atoms with van der Waals surface area (Å²) in [5.41, 5.74) is 1.09. The molecule has 6 heteroatoms. The summed E-state index contributed by atoms with van der Waals surface area (Å²) >= 11 is 7.24. The summed E-state index contributed by atoms with van der Waals surface area (Å²) in [6, 6.07) is 6.97. The van der Waals surface area contributed by atoms with Crippen LogP contribution in [0.4, 0.5) is 4.79 Å². The first kappa shape index (κ1) is 14.9. The van der Waals surface area contributed by atoms with Crippen molar-refractivity contribution in [1.29, 1.82) is 0 Å². The number of halogens is 1. The number of thioether (sulfide) groups is 1. The van der Waals surface area contributed by atoms with Crippen LogP contribution in [0.5, 0.6) is 0 Å². The van der Waals surface area contributed by atoms with E-state index in [1.807, 2.05) is 24.3 Å². The molecule has 18 heavy (non-hydrogen) atoms. The molecular weight excluding hydrogens is 272 g/mol. The molecule has 1 rings (SSSR count). The van der Waals surface area contributed by atoms with Crippen molar-refractivity contribution in [3.63, 3.8) is 0 Å². The van der Waals surface area contributed by atoms with Gasteiger partial charge < -0.3 is 5.32 Å². The maximum absolute atomic E-state index is 11.6. The van der Waals surface area contributed by atoms with Gasteiger partial charge in [0.1, 0.15) is 0 Å². The minimum absolute atomic E-state index is 0.294. The molecule has 2 N–H and O–H groups in total. The molecule has 0 saturated carbocycles. The van der Waals surface area contributed by atoms with Gasteiger partial charge in [-0.25, -0.2) is 4.79 Å². The van der Waals surface area contributed by atoms with Gasteiger partial charge in [0.15, 0.2) is 0 Å². The number of amides is 3. The van der Waals surface area contributed by atoms with Crippen LogP contribution in [0.2, 0.25) is 5.02 Å². The molecule has 4 nitrogen and oxygen atoms in total. The molecular formula is C12H15ClN2O2S. The Morgan fingerprint density at radius 2 is 1.94 bits per heavy atom. The quantitative estimate of drug-likeness (QED) is 0.894. The number of rotatable bonds is 4. The molecule has 1 aromatic rings. The molecule has 0 aliphatic rings. The summed E-state index contributed by atoms with van der Waals surface area (Å²) in [6.45, 7) is 1.76. The van der Waals surface area contributed by atoms with Gasteiger partial charge in [0, 0.05) is 17.8 Å². The molecule has 0 fully saturated rings. The van der Waals surface area contributed by atoms with Gasteiger partial charge in [0.25, 0.3) is 0 Å². The molecule has 3 amide bonds. The fourth-order valence-corrected chi connectivity index (χ4v) is 2.12. The average Bonchev–Trinajstić information content (AvgIpc) is 2.37. The summed E-state index contributed by atoms with van der Waals surface area (Å²) in [4.78, 5) is 22.5. The van der Waals surface area contributed by atoms with Crippen molar-refractivity contribution < 1.29 is 9.59 Å². The monoisotopic (exact) mass is 286 g/mol. The molecule has 1 atom stereocenters. The summed E-state index contributed by atoms with van der Waals surface area (Å²) < 4.78 is 0. The van der Waals surface area contributed by atoms with E-state index in [1.54, 1.807) is 6.92 Å². The lowest BCUT2D eigenvalue weighted by atomic mass is 10.2. The fourth-order valence-electron chi connectivity index (χ4n) is 1.15. The zero-order chi connectivity index (χ0) is 13.5. The number of hydrogen-bond acceptors (Lipinski definition) is 3. The molecule has 0 bridgehead atoms. The van der Waals surface area contributed by atoms with Gasteiger partial charge in [-0.05, 0) is 24.6 Å². The first-order valence-electron chi connectivity index (χ1n) is 5.41. The standard InChI is InChI=1S/C12H15ClN2O2S/c1-8(11(16)15-12(17)14-2)18-7-9-3-5-10(13)6-4-9/h3-6,8H,7H2,1-2H3,(H2,14,15,16,17)/t8-/m1/s1. The molecule has 0 unspecified atom stereocenters. The number of carbonyl (C=O) groups is 2. The maximum atomic E-state index is 11.6.